The molecular weight excluding hydrogens is 328 g/mol. The van der Waals surface area contributed by atoms with Crippen LogP contribution < -0.4 is 4.72 Å². The molecule has 0 aromatic heterocycles. The average Bonchev–Trinajstić information content (AvgIpc) is 2.48. The minimum Gasteiger partial charge on any atom is -0.280 e. The monoisotopic (exact) mass is 338 g/mol. The highest BCUT2D eigenvalue weighted by molar-refractivity contribution is 7.98. The van der Waals surface area contributed by atoms with E-state index in [0.29, 0.717) is 5.69 Å². The van der Waals surface area contributed by atoms with Crippen LogP contribution in [0, 0.1) is 11.3 Å². The van der Waals surface area contributed by atoms with Gasteiger partial charge in [-0.2, -0.15) is 5.26 Å². The first-order valence-corrected chi connectivity index (χ1v) is 8.91. The third-order valence-corrected chi connectivity index (χ3v) is 5.30. The Morgan fingerprint density at radius 2 is 1.86 bits per heavy atom. The Hall–Kier alpha value is -1.68. The predicted octanol–water partition coefficient (Wildman–Crippen LogP) is 3.73. The van der Waals surface area contributed by atoms with Crippen molar-refractivity contribution in [2.45, 2.75) is 9.79 Å². The van der Waals surface area contributed by atoms with Gasteiger partial charge >= 0.3 is 0 Å². The molecule has 0 amide bonds. The normalized spacial score (nSPS) is 10.9. The maximum Gasteiger partial charge on any atom is 0.263 e. The summed E-state index contributed by atoms with van der Waals surface area (Å²) in [6.07, 6.45) is 1.94. The van der Waals surface area contributed by atoms with Gasteiger partial charge in [-0.15, -0.1) is 11.8 Å². The summed E-state index contributed by atoms with van der Waals surface area (Å²) in [5, 5.41) is 8.93. The van der Waals surface area contributed by atoms with E-state index in [1.54, 1.807) is 23.9 Å². The molecule has 0 aliphatic heterocycles. The van der Waals surface area contributed by atoms with Gasteiger partial charge in [-0.3, -0.25) is 4.72 Å². The van der Waals surface area contributed by atoms with Crippen molar-refractivity contribution in [3.8, 4) is 6.07 Å². The van der Waals surface area contributed by atoms with E-state index in [0.717, 1.165) is 4.90 Å². The molecule has 0 bridgehead atoms. The van der Waals surface area contributed by atoms with Crippen molar-refractivity contribution in [3.05, 3.63) is 53.1 Å². The molecule has 4 nitrogen and oxygen atoms in total. The maximum absolute atomic E-state index is 12.3. The first-order valence-electron chi connectivity index (χ1n) is 5.83. The van der Waals surface area contributed by atoms with Crippen LogP contribution in [0.5, 0.6) is 0 Å². The Morgan fingerprint density at radius 3 is 2.43 bits per heavy atom. The van der Waals surface area contributed by atoms with Crippen LogP contribution in [0.4, 0.5) is 5.69 Å². The fourth-order valence-electron chi connectivity index (χ4n) is 1.65. The van der Waals surface area contributed by atoms with Gasteiger partial charge in [0.1, 0.15) is 4.90 Å². The quantitative estimate of drug-likeness (QED) is 0.862. The van der Waals surface area contributed by atoms with Gasteiger partial charge in [0.05, 0.1) is 16.7 Å². The molecule has 0 aliphatic carbocycles. The molecule has 2 aromatic rings. The molecule has 2 aromatic carbocycles. The molecule has 0 unspecified atom stereocenters. The number of halogens is 1. The lowest BCUT2D eigenvalue weighted by molar-refractivity contribution is 0.601. The molecule has 0 saturated heterocycles. The van der Waals surface area contributed by atoms with Crippen LogP contribution in [-0.4, -0.2) is 14.7 Å². The van der Waals surface area contributed by atoms with Crippen LogP contribution in [0.25, 0.3) is 0 Å². The van der Waals surface area contributed by atoms with Gasteiger partial charge in [0, 0.05) is 10.6 Å². The van der Waals surface area contributed by atoms with E-state index in [2.05, 4.69) is 4.72 Å². The van der Waals surface area contributed by atoms with Crippen molar-refractivity contribution in [2.24, 2.45) is 0 Å². The van der Waals surface area contributed by atoms with E-state index in [4.69, 9.17) is 16.9 Å². The molecular formula is C14H11ClN2O2S2. The van der Waals surface area contributed by atoms with Crippen LogP contribution in [-0.2, 0) is 10.0 Å². The van der Waals surface area contributed by atoms with Crippen molar-refractivity contribution in [3.63, 3.8) is 0 Å². The van der Waals surface area contributed by atoms with Gasteiger partial charge in [0.25, 0.3) is 10.0 Å². The minimum atomic E-state index is -3.84. The SMILES string of the molecule is CSc1ccc(NS(=O)(=O)c2cc(C#N)ccc2Cl)cc1. The van der Waals surface area contributed by atoms with Crippen LogP contribution in [0.2, 0.25) is 5.02 Å². The number of nitrogens with zero attached hydrogens (tertiary/aromatic N) is 1. The van der Waals surface area contributed by atoms with Crippen molar-refractivity contribution < 1.29 is 8.42 Å². The van der Waals surface area contributed by atoms with Crippen LogP contribution >= 0.6 is 23.4 Å². The lowest BCUT2D eigenvalue weighted by Gasteiger charge is -2.10. The van der Waals surface area contributed by atoms with E-state index < -0.39 is 10.0 Å². The Bertz CT molecular complexity index is 797. The van der Waals surface area contributed by atoms with E-state index in [1.165, 1.54) is 18.2 Å². The molecule has 0 radical (unpaired) electrons. The molecule has 0 atom stereocenters. The van der Waals surface area contributed by atoms with E-state index in [-0.39, 0.29) is 15.5 Å². The first-order chi connectivity index (χ1) is 9.96. The zero-order valence-corrected chi connectivity index (χ0v) is 13.4. The molecule has 0 spiro atoms. The second-order valence-corrected chi connectivity index (χ2v) is 7.03. The van der Waals surface area contributed by atoms with Crippen molar-refractivity contribution in [1.82, 2.24) is 0 Å². The summed E-state index contributed by atoms with van der Waals surface area (Å²) in [6, 6.07) is 13.0. The highest BCUT2D eigenvalue weighted by atomic mass is 35.5. The second-order valence-electron chi connectivity index (χ2n) is 4.09. The first kappa shape index (κ1) is 15.7. The van der Waals surface area contributed by atoms with Gasteiger partial charge in [-0.25, -0.2) is 8.42 Å². The average molecular weight is 339 g/mol. The zero-order chi connectivity index (χ0) is 15.5. The van der Waals surface area contributed by atoms with Gasteiger partial charge in [-0.1, -0.05) is 11.6 Å². The number of hydrogen-bond donors (Lipinski definition) is 1. The van der Waals surface area contributed by atoms with Gasteiger partial charge in [0.2, 0.25) is 0 Å². The number of hydrogen-bond acceptors (Lipinski definition) is 4. The van der Waals surface area contributed by atoms with Crippen molar-refractivity contribution in [1.29, 1.82) is 5.26 Å². The molecule has 21 heavy (non-hydrogen) atoms. The number of nitriles is 1. The fraction of sp³-hybridized carbons (Fsp3) is 0.0714. The minimum absolute atomic E-state index is 0.0715. The lowest BCUT2D eigenvalue weighted by Crippen LogP contribution is -2.13. The Kier molecular flexibility index (Phi) is 4.78. The molecule has 0 heterocycles. The topological polar surface area (TPSA) is 70.0 Å². The molecule has 0 saturated carbocycles. The molecule has 7 heteroatoms. The van der Waals surface area contributed by atoms with Crippen molar-refractivity contribution in [2.75, 3.05) is 11.0 Å². The molecule has 2 rings (SSSR count). The second kappa shape index (κ2) is 6.39. The predicted molar refractivity (Wildman–Crippen MR) is 85.2 cm³/mol. The molecule has 0 aliphatic rings. The van der Waals surface area contributed by atoms with E-state index in [1.807, 2.05) is 24.5 Å². The lowest BCUT2D eigenvalue weighted by atomic mass is 10.2. The summed E-state index contributed by atoms with van der Waals surface area (Å²) in [5.41, 5.74) is 0.670. The zero-order valence-electron chi connectivity index (χ0n) is 11.0. The summed E-state index contributed by atoms with van der Waals surface area (Å²) in [6.45, 7) is 0. The van der Waals surface area contributed by atoms with E-state index in [9.17, 15) is 8.42 Å². The number of sulfonamides is 1. The number of thioether (sulfide) groups is 1. The number of benzene rings is 2. The highest BCUT2D eigenvalue weighted by Crippen LogP contribution is 2.25. The Labute approximate surface area is 132 Å². The van der Waals surface area contributed by atoms with Gasteiger partial charge < -0.3 is 0 Å². The van der Waals surface area contributed by atoms with Gasteiger partial charge in [0.15, 0.2) is 0 Å². The van der Waals surface area contributed by atoms with Crippen molar-refractivity contribution >= 4 is 39.1 Å². The smallest absolute Gasteiger partial charge is 0.263 e. The molecule has 1 N–H and O–H groups in total. The number of rotatable bonds is 4. The summed E-state index contributed by atoms with van der Waals surface area (Å²) in [5.74, 6) is 0. The fourth-order valence-corrected chi connectivity index (χ4v) is 3.64. The Morgan fingerprint density at radius 1 is 1.19 bits per heavy atom. The Balaban J connectivity index is 2.36. The summed E-state index contributed by atoms with van der Waals surface area (Å²) < 4.78 is 27.1. The molecule has 108 valence electrons. The number of anilines is 1. The number of nitrogens with one attached hydrogen (secondary N) is 1. The summed E-state index contributed by atoms with van der Waals surface area (Å²) in [7, 11) is -3.84. The van der Waals surface area contributed by atoms with Crippen LogP contribution in [0.3, 0.4) is 0 Å². The highest BCUT2D eigenvalue weighted by Gasteiger charge is 2.18. The largest absolute Gasteiger partial charge is 0.280 e. The van der Waals surface area contributed by atoms with E-state index >= 15 is 0 Å². The third-order valence-electron chi connectivity index (χ3n) is 2.69. The van der Waals surface area contributed by atoms with Gasteiger partial charge in [-0.05, 0) is 48.7 Å². The summed E-state index contributed by atoms with van der Waals surface area (Å²) >= 11 is 7.48. The van der Waals surface area contributed by atoms with Crippen LogP contribution in [0.15, 0.2) is 52.3 Å². The standard InChI is InChI=1S/C14H11ClN2O2S2/c1-20-12-5-3-11(4-6-12)17-21(18,19)14-8-10(9-16)2-7-13(14)15/h2-8,17H,1H3. The molecule has 0 fully saturated rings. The maximum atomic E-state index is 12.3. The third kappa shape index (κ3) is 3.70. The summed E-state index contributed by atoms with van der Waals surface area (Å²) in [4.78, 5) is 0.916. The van der Waals surface area contributed by atoms with Crippen LogP contribution in [0.1, 0.15) is 5.56 Å².